The highest BCUT2D eigenvalue weighted by Crippen LogP contribution is 2.40. The number of carbonyl (C=O) groups is 1. The van der Waals surface area contributed by atoms with Gasteiger partial charge in [-0.1, -0.05) is 0 Å². The number of carbonyl (C=O) groups excluding carboxylic acids is 1. The molecule has 1 unspecified atom stereocenters. The van der Waals surface area contributed by atoms with Crippen molar-refractivity contribution in [3.8, 4) is 17.2 Å². The molecular formula is C19H23N3O5. The molecule has 1 atom stereocenters. The van der Waals surface area contributed by atoms with Gasteiger partial charge in [0.05, 0.1) is 33.2 Å². The third kappa shape index (κ3) is 4.40. The molecule has 144 valence electrons. The molecule has 2 aromatic rings. The van der Waals surface area contributed by atoms with Crippen LogP contribution < -0.4 is 24.8 Å². The van der Waals surface area contributed by atoms with Crippen molar-refractivity contribution in [3.05, 3.63) is 30.5 Å². The highest BCUT2D eigenvalue weighted by Gasteiger charge is 2.23. The number of amides is 1. The van der Waals surface area contributed by atoms with Crippen molar-refractivity contribution in [2.45, 2.75) is 18.9 Å². The first kappa shape index (κ1) is 18.8. The zero-order valence-electron chi connectivity index (χ0n) is 15.6. The summed E-state index contributed by atoms with van der Waals surface area (Å²) < 4.78 is 21.4. The fraction of sp³-hybridized carbons (Fsp3) is 0.368. The number of ether oxygens (including phenoxy) is 4. The minimum atomic E-state index is -0.385. The highest BCUT2D eigenvalue weighted by atomic mass is 16.5. The molecule has 0 radical (unpaired) electrons. The van der Waals surface area contributed by atoms with E-state index in [1.165, 1.54) is 0 Å². The third-order valence-corrected chi connectivity index (χ3v) is 4.19. The van der Waals surface area contributed by atoms with E-state index in [4.69, 9.17) is 18.9 Å². The van der Waals surface area contributed by atoms with Crippen LogP contribution in [0.15, 0.2) is 30.5 Å². The summed E-state index contributed by atoms with van der Waals surface area (Å²) in [6, 6.07) is 7.15. The summed E-state index contributed by atoms with van der Waals surface area (Å²) in [5, 5.41) is 5.99. The lowest BCUT2D eigenvalue weighted by Crippen LogP contribution is -2.27. The van der Waals surface area contributed by atoms with E-state index in [2.05, 4.69) is 15.6 Å². The molecule has 3 rings (SSSR count). The number of pyridine rings is 1. The van der Waals surface area contributed by atoms with Gasteiger partial charge >= 0.3 is 0 Å². The first-order valence-electron chi connectivity index (χ1n) is 8.60. The van der Waals surface area contributed by atoms with E-state index in [9.17, 15) is 4.79 Å². The topological polar surface area (TPSA) is 90.9 Å². The molecule has 1 aliphatic heterocycles. The average Bonchev–Trinajstić information content (AvgIpc) is 3.23. The number of anilines is 3. The van der Waals surface area contributed by atoms with Crippen LogP contribution in [0, 0.1) is 0 Å². The Kier molecular flexibility index (Phi) is 5.97. The van der Waals surface area contributed by atoms with E-state index in [-0.39, 0.29) is 12.0 Å². The first-order valence-corrected chi connectivity index (χ1v) is 8.60. The Labute approximate surface area is 157 Å². The fourth-order valence-corrected chi connectivity index (χ4v) is 2.85. The lowest BCUT2D eigenvalue weighted by molar-refractivity contribution is -0.124. The van der Waals surface area contributed by atoms with Gasteiger partial charge in [-0.3, -0.25) is 4.79 Å². The van der Waals surface area contributed by atoms with Gasteiger partial charge in [0.1, 0.15) is 11.9 Å². The summed E-state index contributed by atoms with van der Waals surface area (Å²) in [5.41, 5.74) is 1.50. The summed E-state index contributed by atoms with van der Waals surface area (Å²) in [7, 11) is 4.68. The standard InChI is InChI=1S/C19H23N3O5/c1-24-15-9-13(10-16(25-2)18(15)26-3)21-12-6-7-17(20-11-12)22-19(23)14-5-4-8-27-14/h6-7,9-11,14,21H,4-5,8H2,1-3H3,(H,20,22,23). The predicted octanol–water partition coefficient (Wildman–Crippen LogP) is 2.97. The van der Waals surface area contributed by atoms with Crippen LogP contribution in [-0.4, -0.2) is 44.9 Å². The molecule has 8 heteroatoms. The SMILES string of the molecule is COc1cc(Nc2ccc(NC(=O)C3CCCO3)nc2)cc(OC)c1OC. The molecule has 8 nitrogen and oxygen atoms in total. The Morgan fingerprint density at radius 2 is 1.85 bits per heavy atom. The van der Waals surface area contributed by atoms with Gasteiger partial charge in [-0.05, 0) is 25.0 Å². The number of nitrogens with one attached hydrogen (secondary N) is 2. The van der Waals surface area contributed by atoms with E-state index in [0.29, 0.717) is 29.7 Å². The maximum atomic E-state index is 12.1. The zero-order chi connectivity index (χ0) is 19.2. The van der Waals surface area contributed by atoms with Gasteiger partial charge in [-0.2, -0.15) is 0 Å². The lowest BCUT2D eigenvalue weighted by atomic mass is 10.2. The normalized spacial score (nSPS) is 15.9. The number of methoxy groups -OCH3 is 3. The van der Waals surface area contributed by atoms with E-state index in [1.54, 1.807) is 45.7 Å². The molecule has 1 saturated heterocycles. The van der Waals surface area contributed by atoms with Crippen molar-refractivity contribution < 1.29 is 23.7 Å². The second kappa shape index (κ2) is 8.59. The predicted molar refractivity (Wildman–Crippen MR) is 101 cm³/mol. The van der Waals surface area contributed by atoms with Crippen molar-refractivity contribution in [1.29, 1.82) is 0 Å². The van der Waals surface area contributed by atoms with Gasteiger partial charge in [0.15, 0.2) is 11.5 Å². The summed E-state index contributed by atoms with van der Waals surface area (Å²) in [5.74, 6) is 1.94. The maximum Gasteiger partial charge on any atom is 0.254 e. The number of rotatable bonds is 7. The molecular weight excluding hydrogens is 350 g/mol. The van der Waals surface area contributed by atoms with Crippen LogP contribution in [0.3, 0.4) is 0 Å². The molecule has 1 aromatic carbocycles. The second-order valence-electron chi connectivity index (χ2n) is 5.96. The molecule has 1 aromatic heterocycles. The Morgan fingerprint density at radius 3 is 2.37 bits per heavy atom. The van der Waals surface area contributed by atoms with E-state index in [0.717, 1.165) is 24.2 Å². The molecule has 1 aliphatic rings. The van der Waals surface area contributed by atoms with Crippen molar-refractivity contribution in [3.63, 3.8) is 0 Å². The smallest absolute Gasteiger partial charge is 0.254 e. The van der Waals surface area contributed by atoms with Crippen molar-refractivity contribution in [1.82, 2.24) is 4.98 Å². The number of benzene rings is 1. The lowest BCUT2D eigenvalue weighted by Gasteiger charge is -2.15. The van der Waals surface area contributed by atoms with Crippen LogP contribution >= 0.6 is 0 Å². The molecule has 0 spiro atoms. The summed E-state index contributed by atoms with van der Waals surface area (Å²) in [4.78, 5) is 16.3. The van der Waals surface area contributed by atoms with Crippen LogP contribution in [0.25, 0.3) is 0 Å². The number of aromatic nitrogens is 1. The molecule has 2 N–H and O–H groups in total. The van der Waals surface area contributed by atoms with Crippen molar-refractivity contribution >= 4 is 23.1 Å². The van der Waals surface area contributed by atoms with Gasteiger partial charge in [0.25, 0.3) is 5.91 Å². The molecule has 0 aliphatic carbocycles. The highest BCUT2D eigenvalue weighted by molar-refractivity contribution is 5.93. The monoisotopic (exact) mass is 373 g/mol. The minimum absolute atomic E-state index is 0.162. The van der Waals surface area contributed by atoms with E-state index >= 15 is 0 Å². The van der Waals surface area contributed by atoms with Gasteiger partial charge < -0.3 is 29.6 Å². The van der Waals surface area contributed by atoms with Crippen LogP contribution in [0.5, 0.6) is 17.2 Å². The van der Waals surface area contributed by atoms with Crippen molar-refractivity contribution in [2.24, 2.45) is 0 Å². The van der Waals surface area contributed by atoms with Crippen LogP contribution in [0.4, 0.5) is 17.2 Å². The number of hydrogen-bond acceptors (Lipinski definition) is 7. The van der Waals surface area contributed by atoms with Crippen molar-refractivity contribution in [2.75, 3.05) is 38.6 Å². The Hall–Kier alpha value is -3.00. The van der Waals surface area contributed by atoms with Gasteiger partial charge in [0, 0.05) is 24.4 Å². The third-order valence-electron chi connectivity index (χ3n) is 4.19. The summed E-state index contributed by atoms with van der Waals surface area (Å²) >= 11 is 0. The quantitative estimate of drug-likeness (QED) is 0.771. The average molecular weight is 373 g/mol. The maximum absolute atomic E-state index is 12.1. The van der Waals surface area contributed by atoms with Crippen LogP contribution in [0.2, 0.25) is 0 Å². The van der Waals surface area contributed by atoms with E-state index < -0.39 is 0 Å². The summed E-state index contributed by atoms with van der Waals surface area (Å²) in [6.45, 7) is 0.628. The van der Waals surface area contributed by atoms with Gasteiger partial charge in [0.2, 0.25) is 5.75 Å². The molecule has 0 bridgehead atoms. The Bertz CT molecular complexity index is 763. The van der Waals surface area contributed by atoms with Gasteiger partial charge in [-0.25, -0.2) is 4.98 Å². The largest absolute Gasteiger partial charge is 0.493 e. The van der Waals surface area contributed by atoms with Crippen LogP contribution in [0.1, 0.15) is 12.8 Å². The van der Waals surface area contributed by atoms with E-state index in [1.807, 2.05) is 6.07 Å². The molecule has 1 amide bonds. The van der Waals surface area contributed by atoms with Gasteiger partial charge in [-0.15, -0.1) is 0 Å². The molecule has 1 fully saturated rings. The zero-order valence-corrected chi connectivity index (χ0v) is 15.6. The number of nitrogens with zero attached hydrogens (tertiary/aromatic N) is 1. The molecule has 27 heavy (non-hydrogen) atoms. The number of hydrogen-bond donors (Lipinski definition) is 2. The van der Waals surface area contributed by atoms with Crippen LogP contribution in [-0.2, 0) is 9.53 Å². The Morgan fingerprint density at radius 1 is 1.11 bits per heavy atom. The second-order valence-corrected chi connectivity index (χ2v) is 5.96. The fourth-order valence-electron chi connectivity index (χ4n) is 2.85. The molecule has 0 saturated carbocycles. The molecule has 2 heterocycles. The summed E-state index contributed by atoms with van der Waals surface area (Å²) in [6.07, 6.45) is 2.90. The first-order chi connectivity index (χ1) is 13.1. The minimum Gasteiger partial charge on any atom is -0.493 e. The Balaban J connectivity index is 1.70.